The molecule has 0 spiro atoms. The van der Waals surface area contributed by atoms with Crippen molar-refractivity contribution in [3.8, 4) is 0 Å². The zero-order valence-electron chi connectivity index (χ0n) is 6.19. The molecule has 1 atom stereocenters. The fourth-order valence-electron chi connectivity index (χ4n) is 0.884. The van der Waals surface area contributed by atoms with Crippen molar-refractivity contribution in [3.05, 3.63) is 32.5 Å². The number of nitro groups is 1. The molecule has 4 heteroatoms. The highest BCUT2D eigenvalue weighted by Crippen LogP contribution is 2.17. The summed E-state index contributed by atoms with van der Waals surface area (Å²) in [6.07, 6.45) is 0. The van der Waals surface area contributed by atoms with E-state index in [2.05, 4.69) is 0 Å². The molecule has 0 saturated carbocycles. The van der Waals surface area contributed by atoms with Gasteiger partial charge < -0.3 is 0 Å². The molecule has 0 saturated heterocycles. The standard InChI is InChI=1S/C7H9NO2S/c1-6(4-8(9)10)7-2-3-11-5-7/h2-3,5-6H,4H2,1H3. The first-order valence-electron chi connectivity index (χ1n) is 3.34. The van der Waals surface area contributed by atoms with Gasteiger partial charge in [0, 0.05) is 10.8 Å². The molecule has 0 bridgehead atoms. The minimum Gasteiger partial charge on any atom is -0.265 e. The van der Waals surface area contributed by atoms with E-state index < -0.39 is 0 Å². The third-order valence-corrected chi connectivity index (χ3v) is 2.24. The summed E-state index contributed by atoms with van der Waals surface area (Å²) in [4.78, 5) is 9.84. The van der Waals surface area contributed by atoms with Gasteiger partial charge in [0.1, 0.15) is 0 Å². The van der Waals surface area contributed by atoms with Gasteiger partial charge in [-0.3, -0.25) is 10.1 Å². The van der Waals surface area contributed by atoms with Crippen LogP contribution >= 0.6 is 11.3 Å². The molecule has 11 heavy (non-hydrogen) atoms. The zero-order valence-corrected chi connectivity index (χ0v) is 7.00. The van der Waals surface area contributed by atoms with Gasteiger partial charge in [0.25, 0.3) is 0 Å². The van der Waals surface area contributed by atoms with E-state index >= 15 is 0 Å². The molecule has 0 amide bonds. The van der Waals surface area contributed by atoms with Crippen molar-refractivity contribution in [3.63, 3.8) is 0 Å². The number of rotatable bonds is 3. The minimum atomic E-state index is -0.275. The normalized spacial score (nSPS) is 12.8. The molecular weight excluding hydrogens is 162 g/mol. The SMILES string of the molecule is CC(C[N+](=O)[O-])c1ccsc1. The summed E-state index contributed by atoms with van der Waals surface area (Å²) in [6, 6.07) is 1.93. The summed E-state index contributed by atoms with van der Waals surface area (Å²) in [5.41, 5.74) is 1.06. The summed E-state index contributed by atoms with van der Waals surface area (Å²) in [7, 11) is 0. The molecule has 1 heterocycles. The highest BCUT2D eigenvalue weighted by molar-refractivity contribution is 7.07. The lowest BCUT2D eigenvalue weighted by molar-refractivity contribution is -0.482. The summed E-state index contributed by atoms with van der Waals surface area (Å²) in [5.74, 6) is 0.0382. The Balaban J connectivity index is 2.56. The van der Waals surface area contributed by atoms with E-state index in [0.717, 1.165) is 5.56 Å². The number of hydrogen-bond donors (Lipinski definition) is 0. The largest absolute Gasteiger partial charge is 0.265 e. The van der Waals surface area contributed by atoms with E-state index in [1.165, 1.54) is 0 Å². The Hall–Kier alpha value is -0.900. The highest BCUT2D eigenvalue weighted by atomic mass is 32.1. The Kier molecular flexibility index (Phi) is 2.59. The molecule has 0 aliphatic rings. The quantitative estimate of drug-likeness (QED) is 0.516. The molecule has 0 radical (unpaired) electrons. The lowest BCUT2D eigenvalue weighted by Gasteiger charge is -2.01. The van der Waals surface area contributed by atoms with Crippen molar-refractivity contribution in [1.29, 1.82) is 0 Å². The topological polar surface area (TPSA) is 43.1 Å². The Labute approximate surface area is 68.8 Å². The maximum Gasteiger partial charge on any atom is 0.210 e. The van der Waals surface area contributed by atoms with Crippen LogP contribution in [0.5, 0.6) is 0 Å². The fourth-order valence-corrected chi connectivity index (χ4v) is 1.67. The van der Waals surface area contributed by atoms with Crippen LogP contribution in [0.2, 0.25) is 0 Å². The zero-order chi connectivity index (χ0) is 8.27. The van der Waals surface area contributed by atoms with E-state index in [0.29, 0.717) is 0 Å². The van der Waals surface area contributed by atoms with Crippen LogP contribution in [0.15, 0.2) is 16.8 Å². The monoisotopic (exact) mass is 171 g/mol. The van der Waals surface area contributed by atoms with Crippen LogP contribution in [0.3, 0.4) is 0 Å². The maximum absolute atomic E-state index is 10.1. The molecular formula is C7H9NO2S. The first-order valence-corrected chi connectivity index (χ1v) is 4.28. The molecule has 0 N–H and O–H groups in total. The van der Waals surface area contributed by atoms with Crippen molar-refractivity contribution in [2.45, 2.75) is 12.8 Å². The number of nitrogens with zero attached hydrogens (tertiary/aromatic N) is 1. The predicted molar refractivity (Wildman–Crippen MR) is 44.6 cm³/mol. The molecule has 1 rings (SSSR count). The van der Waals surface area contributed by atoms with Gasteiger partial charge in [-0.05, 0) is 22.4 Å². The molecule has 60 valence electrons. The van der Waals surface area contributed by atoms with Crippen molar-refractivity contribution in [2.75, 3.05) is 6.54 Å². The molecule has 1 aromatic heterocycles. The van der Waals surface area contributed by atoms with Crippen LogP contribution in [0.1, 0.15) is 18.4 Å². The summed E-state index contributed by atoms with van der Waals surface area (Å²) >= 11 is 1.57. The summed E-state index contributed by atoms with van der Waals surface area (Å²) in [5, 5.41) is 14.0. The average molecular weight is 171 g/mol. The third-order valence-electron chi connectivity index (χ3n) is 1.54. The van der Waals surface area contributed by atoms with Gasteiger partial charge in [-0.2, -0.15) is 11.3 Å². The Bertz CT molecular complexity index is 233. The summed E-state index contributed by atoms with van der Waals surface area (Å²) < 4.78 is 0. The van der Waals surface area contributed by atoms with E-state index in [9.17, 15) is 10.1 Å². The average Bonchev–Trinajstić information content (AvgIpc) is 2.35. The smallest absolute Gasteiger partial charge is 0.210 e. The van der Waals surface area contributed by atoms with E-state index in [-0.39, 0.29) is 17.4 Å². The lowest BCUT2D eigenvalue weighted by Crippen LogP contribution is -2.08. The number of hydrogen-bond acceptors (Lipinski definition) is 3. The Morgan fingerprint density at radius 2 is 2.55 bits per heavy atom. The molecule has 0 aliphatic heterocycles. The van der Waals surface area contributed by atoms with E-state index in [1.807, 2.05) is 23.8 Å². The maximum atomic E-state index is 10.1. The van der Waals surface area contributed by atoms with Gasteiger partial charge in [0.15, 0.2) is 0 Å². The Morgan fingerprint density at radius 3 is 3.00 bits per heavy atom. The third kappa shape index (κ3) is 2.31. The van der Waals surface area contributed by atoms with Gasteiger partial charge >= 0.3 is 0 Å². The van der Waals surface area contributed by atoms with Crippen LogP contribution in [0, 0.1) is 10.1 Å². The molecule has 1 unspecified atom stereocenters. The number of thiophene rings is 1. The van der Waals surface area contributed by atoms with Gasteiger partial charge in [-0.15, -0.1) is 0 Å². The van der Waals surface area contributed by atoms with Crippen molar-refractivity contribution in [2.24, 2.45) is 0 Å². The second kappa shape index (κ2) is 3.48. The van der Waals surface area contributed by atoms with Crippen molar-refractivity contribution in [1.82, 2.24) is 0 Å². The van der Waals surface area contributed by atoms with Crippen LogP contribution in [0.4, 0.5) is 0 Å². The lowest BCUT2D eigenvalue weighted by atomic mass is 10.1. The molecule has 1 aromatic rings. The van der Waals surface area contributed by atoms with Crippen molar-refractivity contribution >= 4 is 11.3 Å². The predicted octanol–water partition coefficient (Wildman–Crippen LogP) is 2.13. The highest BCUT2D eigenvalue weighted by Gasteiger charge is 2.11. The van der Waals surface area contributed by atoms with Gasteiger partial charge in [0.2, 0.25) is 6.54 Å². The Morgan fingerprint density at radius 1 is 1.82 bits per heavy atom. The van der Waals surface area contributed by atoms with Crippen LogP contribution in [-0.4, -0.2) is 11.5 Å². The molecule has 0 aromatic carbocycles. The molecule has 0 fully saturated rings. The van der Waals surface area contributed by atoms with Crippen molar-refractivity contribution < 1.29 is 4.92 Å². The van der Waals surface area contributed by atoms with E-state index in [1.54, 1.807) is 11.3 Å². The van der Waals surface area contributed by atoms with Gasteiger partial charge in [-0.1, -0.05) is 6.92 Å². The molecule has 3 nitrogen and oxygen atoms in total. The second-order valence-electron chi connectivity index (χ2n) is 2.47. The van der Waals surface area contributed by atoms with Crippen LogP contribution in [0.25, 0.3) is 0 Å². The fraction of sp³-hybridized carbons (Fsp3) is 0.429. The summed E-state index contributed by atoms with van der Waals surface area (Å²) in [6.45, 7) is 1.89. The van der Waals surface area contributed by atoms with Crippen LogP contribution in [-0.2, 0) is 0 Å². The van der Waals surface area contributed by atoms with Gasteiger partial charge in [-0.25, -0.2) is 0 Å². The minimum absolute atomic E-state index is 0.0245. The van der Waals surface area contributed by atoms with Crippen LogP contribution < -0.4 is 0 Å². The first kappa shape index (κ1) is 8.20. The first-order chi connectivity index (χ1) is 5.20. The van der Waals surface area contributed by atoms with Gasteiger partial charge in [0.05, 0.1) is 0 Å². The molecule has 0 aliphatic carbocycles. The van der Waals surface area contributed by atoms with E-state index in [4.69, 9.17) is 0 Å². The second-order valence-corrected chi connectivity index (χ2v) is 3.25.